The summed E-state index contributed by atoms with van der Waals surface area (Å²) in [5.41, 5.74) is 2.54. The van der Waals surface area contributed by atoms with Gasteiger partial charge in [0.1, 0.15) is 29.8 Å². The maximum absolute atomic E-state index is 12.2. The molecule has 1 N–H and O–H groups in total. The van der Waals surface area contributed by atoms with Crippen LogP contribution >= 0.6 is 0 Å². The molecule has 0 spiro atoms. The molecule has 2 aromatic rings. The van der Waals surface area contributed by atoms with Crippen molar-refractivity contribution in [2.75, 3.05) is 13.2 Å². The highest BCUT2D eigenvalue weighted by Crippen LogP contribution is 2.19. The van der Waals surface area contributed by atoms with Crippen LogP contribution in [0.4, 0.5) is 0 Å². The normalized spacial score (nSPS) is 16.6. The van der Waals surface area contributed by atoms with Crippen LogP contribution in [-0.2, 0) is 16.1 Å². The molecule has 1 unspecified atom stereocenters. The summed E-state index contributed by atoms with van der Waals surface area (Å²) in [5.74, 6) is 1.03. The van der Waals surface area contributed by atoms with E-state index in [-0.39, 0.29) is 11.7 Å². The zero-order valence-corrected chi connectivity index (χ0v) is 16.0. The Morgan fingerprint density at radius 3 is 2.79 bits per heavy atom. The van der Waals surface area contributed by atoms with Gasteiger partial charge < -0.3 is 19.3 Å². The van der Waals surface area contributed by atoms with Gasteiger partial charge in [-0.05, 0) is 50.5 Å². The van der Waals surface area contributed by atoms with E-state index < -0.39 is 5.91 Å². The highest BCUT2D eigenvalue weighted by molar-refractivity contribution is 6.01. The first-order valence-electron chi connectivity index (χ1n) is 9.23. The lowest BCUT2D eigenvalue weighted by atomic mass is 10.1. The minimum Gasteiger partial charge on any atom is -0.489 e. The molecule has 28 heavy (non-hydrogen) atoms. The van der Waals surface area contributed by atoms with Gasteiger partial charge in [-0.25, -0.2) is 0 Å². The van der Waals surface area contributed by atoms with Crippen molar-refractivity contribution in [3.05, 3.63) is 52.4 Å². The van der Waals surface area contributed by atoms with Crippen LogP contribution in [0.1, 0.15) is 35.4 Å². The van der Waals surface area contributed by atoms with Crippen molar-refractivity contribution in [1.82, 2.24) is 10.5 Å². The quantitative estimate of drug-likeness (QED) is 0.585. The van der Waals surface area contributed by atoms with Crippen molar-refractivity contribution in [3.8, 4) is 11.8 Å². The monoisotopic (exact) mass is 381 g/mol. The van der Waals surface area contributed by atoms with Gasteiger partial charge in [-0.15, -0.1) is 0 Å². The Balaban J connectivity index is 1.58. The number of nitrogens with zero attached hydrogens (tertiary/aromatic N) is 2. The lowest BCUT2D eigenvalue weighted by Gasteiger charge is -2.10. The van der Waals surface area contributed by atoms with Crippen molar-refractivity contribution in [3.63, 3.8) is 0 Å². The molecule has 1 aromatic carbocycles. The summed E-state index contributed by atoms with van der Waals surface area (Å²) in [6.45, 7) is 5.24. The van der Waals surface area contributed by atoms with Crippen LogP contribution < -0.4 is 10.1 Å². The second-order valence-electron chi connectivity index (χ2n) is 6.68. The van der Waals surface area contributed by atoms with Crippen LogP contribution in [0.3, 0.4) is 0 Å². The van der Waals surface area contributed by atoms with Crippen LogP contribution in [0.5, 0.6) is 5.75 Å². The van der Waals surface area contributed by atoms with Crippen molar-refractivity contribution in [2.24, 2.45) is 0 Å². The number of carbonyl (C=O) groups is 1. The first-order chi connectivity index (χ1) is 13.6. The van der Waals surface area contributed by atoms with Gasteiger partial charge in [-0.1, -0.05) is 17.3 Å². The Hall–Kier alpha value is -3.11. The standard InChI is InChI=1S/C21H23N3O4/c1-14-20(15(2)28-24-14)13-27-18-7-5-16(6-8-18)10-17(11-22)21(25)23-12-19-4-3-9-26-19/h5-8,10,19H,3-4,9,12-13H2,1-2H3,(H,23,25)/b17-10+. The van der Waals surface area contributed by atoms with E-state index in [2.05, 4.69) is 10.5 Å². The molecular formula is C21H23N3O4. The molecule has 1 amide bonds. The van der Waals surface area contributed by atoms with Crippen LogP contribution in [0.25, 0.3) is 6.08 Å². The third kappa shape index (κ3) is 4.99. The van der Waals surface area contributed by atoms with Crippen molar-refractivity contribution >= 4 is 12.0 Å². The fraction of sp³-hybridized carbons (Fsp3) is 0.381. The molecule has 0 radical (unpaired) electrons. The molecule has 7 nitrogen and oxygen atoms in total. The molecule has 0 saturated carbocycles. The number of benzene rings is 1. The number of nitrogens with one attached hydrogen (secondary N) is 1. The third-order valence-electron chi connectivity index (χ3n) is 4.63. The fourth-order valence-corrected chi connectivity index (χ4v) is 2.95. The summed E-state index contributed by atoms with van der Waals surface area (Å²) in [7, 11) is 0. The van der Waals surface area contributed by atoms with Crippen LogP contribution in [0, 0.1) is 25.2 Å². The highest BCUT2D eigenvalue weighted by Gasteiger charge is 2.17. The summed E-state index contributed by atoms with van der Waals surface area (Å²) >= 11 is 0. The molecule has 146 valence electrons. The summed E-state index contributed by atoms with van der Waals surface area (Å²) in [5, 5.41) is 16.0. The number of aromatic nitrogens is 1. The average molecular weight is 381 g/mol. The van der Waals surface area contributed by atoms with E-state index in [1.165, 1.54) is 0 Å². The van der Waals surface area contributed by atoms with Gasteiger partial charge in [0.15, 0.2) is 0 Å². The maximum atomic E-state index is 12.2. The van der Waals surface area contributed by atoms with Gasteiger partial charge in [0, 0.05) is 13.2 Å². The zero-order valence-electron chi connectivity index (χ0n) is 16.0. The summed E-state index contributed by atoms with van der Waals surface area (Å²) in [6.07, 6.45) is 3.54. The molecule has 1 atom stereocenters. The molecular weight excluding hydrogens is 358 g/mol. The van der Waals surface area contributed by atoms with Crippen molar-refractivity contribution in [2.45, 2.75) is 39.4 Å². The molecule has 3 rings (SSSR count). The Morgan fingerprint density at radius 1 is 1.39 bits per heavy atom. The van der Waals surface area contributed by atoms with E-state index in [1.54, 1.807) is 30.3 Å². The summed E-state index contributed by atoms with van der Waals surface area (Å²) < 4.78 is 16.4. The Bertz CT molecular complexity index is 868. The minimum atomic E-state index is -0.392. The van der Waals surface area contributed by atoms with Gasteiger partial charge in [-0.3, -0.25) is 4.79 Å². The maximum Gasteiger partial charge on any atom is 0.262 e. The number of nitriles is 1. The molecule has 0 bridgehead atoms. The van der Waals surface area contributed by atoms with Gasteiger partial charge in [0.05, 0.1) is 17.4 Å². The minimum absolute atomic E-state index is 0.0398. The van der Waals surface area contributed by atoms with E-state index in [0.29, 0.717) is 18.9 Å². The predicted octanol–water partition coefficient (Wildman–Crippen LogP) is 3.07. The fourth-order valence-electron chi connectivity index (χ4n) is 2.95. The second kappa shape index (κ2) is 9.20. The molecule has 1 aliphatic heterocycles. The number of rotatable bonds is 7. The highest BCUT2D eigenvalue weighted by atomic mass is 16.5. The van der Waals surface area contributed by atoms with Crippen LogP contribution in [-0.4, -0.2) is 30.3 Å². The molecule has 1 aromatic heterocycles. The van der Waals surface area contributed by atoms with Crippen LogP contribution in [0.15, 0.2) is 34.4 Å². The van der Waals surface area contributed by atoms with Crippen molar-refractivity contribution < 1.29 is 18.8 Å². The largest absolute Gasteiger partial charge is 0.489 e. The van der Waals surface area contributed by atoms with Gasteiger partial charge in [0.25, 0.3) is 5.91 Å². The SMILES string of the molecule is Cc1noc(C)c1COc1ccc(/C=C(\C#N)C(=O)NCC2CCCO2)cc1. The molecule has 7 heteroatoms. The number of hydrogen-bond acceptors (Lipinski definition) is 6. The Labute approximate surface area is 163 Å². The number of hydrogen-bond donors (Lipinski definition) is 1. The van der Waals surface area contributed by atoms with Crippen LogP contribution in [0.2, 0.25) is 0 Å². The average Bonchev–Trinajstić information content (AvgIpc) is 3.34. The van der Waals surface area contributed by atoms with Crippen molar-refractivity contribution in [1.29, 1.82) is 5.26 Å². The van der Waals surface area contributed by atoms with E-state index in [9.17, 15) is 10.1 Å². The zero-order chi connectivity index (χ0) is 19.9. The lowest BCUT2D eigenvalue weighted by Crippen LogP contribution is -2.32. The number of amides is 1. The van der Waals surface area contributed by atoms with E-state index in [1.807, 2.05) is 19.9 Å². The van der Waals surface area contributed by atoms with Gasteiger partial charge in [0.2, 0.25) is 0 Å². The predicted molar refractivity (Wildman–Crippen MR) is 102 cm³/mol. The number of ether oxygens (including phenoxy) is 2. The number of aryl methyl sites for hydroxylation is 2. The lowest BCUT2D eigenvalue weighted by molar-refractivity contribution is -0.117. The molecule has 1 aliphatic rings. The Morgan fingerprint density at radius 2 is 2.18 bits per heavy atom. The smallest absolute Gasteiger partial charge is 0.262 e. The summed E-state index contributed by atoms with van der Waals surface area (Å²) in [6, 6.07) is 9.14. The Kier molecular flexibility index (Phi) is 6.45. The van der Waals surface area contributed by atoms with E-state index >= 15 is 0 Å². The molecule has 1 fully saturated rings. The second-order valence-corrected chi connectivity index (χ2v) is 6.68. The third-order valence-corrected chi connectivity index (χ3v) is 4.63. The first kappa shape index (κ1) is 19.6. The van der Waals surface area contributed by atoms with E-state index in [4.69, 9.17) is 14.0 Å². The number of carbonyl (C=O) groups excluding carboxylic acids is 1. The first-order valence-corrected chi connectivity index (χ1v) is 9.23. The van der Waals surface area contributed by atoms with Gasteiger partial charge in [-0.2, -0.15) is 5.26 Å². The topological polar surface area (TPSA) is 97.4 Å². The molecule has 0 aliphatic carbocycles. The van der Waals surface area contributed by atoms with Gasteiger partial charge >= 0.3 is 0 Å². The van der Waals surface area contributed by atoms with E-state index in [0.717, 1.165) is 42.0 Å². The molecule has 1 saturated heterocycles. The molecule has 2 heterocycles. The summed E-state index contributed by atoms with van der Waals surface area (Å²) in [4.78, 5) is 12.2.